The molecule has 0 radical (unpaired) electrons. The van der Waals surface area contributed by atoms with Gasteiger partial charge < -0.3 is 4.74 Å². The van der Waals surface area contributed by atoms with Crippen LogP contribution < -0.4 is 0 Å². The highest BCUT2D eigenvalue weighted by atomic mass is 16.5. The van der Waals surface area contributed by atoms with Crippen molar-refractivity contribution in [3.05, 3.63) is 17.5 Å². The second-order valence-corrected chi connectivity index (χ2v) is 3.74. The molecule has 1 N–H and O–H groups in total. The largest absolute Gasteiger partial charge is 0.377 e. The van der Waals surface area contributed by atoms with E-state index in [1.54, 1.807) is 0 Å². The standard InChI is InChI=1S/C10H16N4O/c1-2-4-9(5-3-1)8-15-7-6-10-11-13-14-12-10/h4H,1-3,5-8H2,(H,11,12,13,14). The van der Waals surface area contributed by atoms with Crippen molar-refractivity contribution in [2.45, 2.75) is 32.1 Å². The van der Waals surface area contributed by atoms with Crippen LogP contribution in [0.5, 0.6) is 0 Å². The van der Waals surface area contributed by atoms with E-state index in [0.717, 1.165) is 13.0 Å². The Morgan fingerprint density at radius 3 is 3.13 bits per heavy atom. The zero-order valence-corrected chi connectivity index (χ0v) is 8.78. The summed E-state index contributed by atoms with van der Waals surface area (Å²) < 4.78 is 5.56. The predicted octanol–water partition coefficient (Wildman–Crippen LogP) is 1.26. The van der Waals surface area contributed by atoms with Crippen LogP contribution in [0, 0.1) is 0 Å². The topological polar surface area (TPSA) is 63.7 Å². The van der Waals surface area contributed by atoms with Crippen LogP contribution in [-0.4, -0.2) is 33.8 Å². The summed E-state index contributed by atoms with van der Waals surface area (Å²) in [5, 5.41) is 13.6. The predicted molar refractivity (Wildman–Crippen MR) is 55.3 cm³/mol. The van der Waals surface area contributed by atoms with Crippen LogP contribution in [0.3, 0.4) is 0 Å². The lowest BCUT2D eigenvalue weighted by molar-refractivity contribution is 0.155. The number of nitrogens with zero attached hydrogens (tertiary/aromatic N) is 3. The highest BCUT2D eigenvalue weighted by Crippen LogP contribution is 2.17. The Balaban J connectivity index is 1.60. The molecule has 0 amide bonds. The minimum Gasteiger partial charge on any atom is -0.377 e. The minimum absolute atomic E-state index is 0.664. The minimum atomic E-state index is 0.664. The van der Waals surface area contributed by atoms with Crippen molar-refractivity contribution in [3.63, 3.8) is 0 Å². The van der Waals surface area contributed by atoms with E-state index in [9.17, 15) is 0 Å². The Bertz CT molecular complexity index is 307. The van der Waals surface area contributed by atoms with Crippen molar-refractivity contribution < 1.29 is 4.74 Å². The SMILES string of the molecule is C1=C(COCCc2nn[nH]n2)CCCC1. The second kappa shape index (κ2) is 5.60. The van der Waals surface area contributed by atoms with E-state index < -0.39 is 0 Å². The summed E-state index contributed by atoms with van der Waals surface area (Å²) in [5.74, 6) is 0.715. The molecule has 1 aliphatic rings. The first kappa shape index (κ1) is 10.3. The number of hydrogen-bond donors (Lipinski definition) is 1. The zero-order chi connectivity index (χ0) is 10.3. The number of nitrogens with one attached hydrogen (secondary N) is 1. The summed E-state index contributed by atoms with van der Waals surface area (Å²) in [6, 6.07) is 0. The van der Waals surface area contributed by atoms with Gasteiger partial charge in [0, 0.05) is 6.42 Å². The van der Waals surface area contributed by atoms with Gasteiger partial charge in [0.05, 0.1) is 13.2 Å². The molecule has 1 aliphatic carbocycles. The van der Waals surface area contributed by atoms with Gasteiger partial charge in [-0.3, -0.25) is 0 Å². The van der Waals surface area contributed by atoms with E-state index in [2.05, 4.69) is 26.7 Å². The Morgan fingerprint density at radius 1 is 1.40 bits per heavy atom. The third-order valence-corrected chi connectivity index (χ3v) is 2.53. The third kappa shape index (κ3) is 3.43. The molecule has 0 spiro atoms. The molecule has 5 nitrogen and oxygen atoms in total. The molecule has 0 fully saturated rings. The van der Waals surface area contributed by atoms with E-state index in [1.807, 2.05) is 0 Å². The summed E-state index contributed by atoms with van der Waals surface area (Å²) in [7, 11) is 0. The monoisotopic (exact) mass is 208 g/mol. The van der Waals surface area contributed by atoms with Gasteiger partial charge in [-0.05, 0) is 31.3 Å². The summed E-state index contributed by atoms with van der Waals surface area (Å²) in [4.78, 5) is 0. The number of tetrazole rings is 1. The van der Waals surface area contributed by atoms with Gasteiger partial charge in [-0.25, -0.2) is 0 Å². The molecule has 0 bridgehead atoms. The van der Waals surface area contributed by atoms with Crippen molar-refractivity contribution in [3.8, 4) is 0 Å². The van der Waals surface area contributed by atoms with E-state index in [0.29, 0.717) is 12.4 Å². The highest BCUT2D eigenvalue weighted by molar-refractivity contribution is 5.05. The molecular weight excluding hydrogens is 192 g/mol. The van der Waals surface area contributed by atoms with Crippen molar-refractivity contribution in [2.75, 3.05) is 13.2 Å². The van der Waals surface area contributed by atoms with Crippen LogP contribution in [-0.2, 0) is 11.2 Å². The zero-order valence-electron chi connectivity index (χ0n) is 8.78. The molecule has 1 aromatic rings. The fraction of sp³-hybridized carbons (Fsp3) is 0.700. The third-order valence-electron chi connectivity index (χ3n) is 2.53. The van der Waals surface area contributed by atoms with Crippen LogP contribution in [0.2, 0.25) is 0 Å². The van der Waals surface area contributed by atoms with Crippen LogP contribution in [0.25, 0.3) is 0 Å². The van der Waals surface area contributed by atoms with Gasteiger partial charge in [0.15, 0.2) is 5.82 Å². The molecule has 0 aliphatic heterocycles. The van der Waals surface area contributed by atoms with Gasteiger partial charge in [0.1, 0.15) is 0 Å². The van der Waals surface area contributed by atoms with Crippen LogP contribution in [0.15, 0.2) is 11.6 Å². The summed E-state index contributed by atoms with van der Waals surface area (Å²) in [6.07, 6.45) is 8.07. The van der Waals surface area contributed by atoms with Crippen molar-refractivity contribution >= 4 is 0 Å². The smallest absolute Gasteiger partial charge is 0.176 e. The Morgan fingerprint density at radius 2 is 2.40 bits per heavy atom. The van der Waals surface area contributed by atoms with Crippen molar-refractivity contribution in [1.82, 2.24) is 20.6 Å². The van der Waals surface area contributed by atoms with Gasteiger partial charge >= 0.3 is 0 Å². The summed E-state index contributed by atoms with van der Waals surface area (Å²) in [6.45, 7) is 1.43. The van der Waals surface area contributed by atoms with Crippen LogP contribution in [0.1, 0.15) is 31.5 Å². The Hall–Kier alpha value is -1.23. The molecule has 5 heteroatoms. The molecule has 15 heavy (non-hydrogen) atoms. The highest BCUT2D eigenvalue weighted by Gasteiger charge is 2.04. The van der Waals surface area contributed by atoms with E-state index in [-0.39, 0.29) is 0 Å². The fourth-order valence-electron chi connectivity index (χ4n) is 1.69. The number of H-pyrrole nitrogens is 1. The molecule has 1 heterocycles. The number of aromatic nitrogens is 4. The number of rotatable bonds is 5. The quantitative estimate of drug-likeness (QED) is 0.584. The van der Waals surface area contributed by atoms with Crippen LogP contribution in [0.4, 0.5) is 0 Å². The number of allylic oxidation sites excluding steroid dienone is 1. The van der Waals surface area contributed by atoms with Crippen LogP contribution >= 0.6 is 0 Å². The molecule has 0 unspecified atom stereocenters. The van der Waals surface area contributed by atoms with E-state index >= 15 is 0 Å². The molecule has 0 aromatic carbocycles. The van der Waals surface area contributed by atoms with Gasteiger partial charge in [-0.15, -0.1) is 10.2 Å². The molecule has 1 aromatic heterocycles. The van der Waals surface area contributed by atoms with E-state index in [1.165, 1.54) is 31.3 Å². The maximum atomic E-state index is 5.56. The lowest BCUT2D eigenvalue weighted by atomic mass is 10.0. The Kier molecular flexibility index (Phi) is 3.84. The summed E-state index contributed by atoms with van der Waals surface area (Å²) >= 11 is 0. The number of ether oxygens (including phenoxy) is 1. The maximum absolute atomic E-state index is 5.56. The first-order valence-corrected chi connectivity index (χ1v) is 5.43. The van der Waals surface area contributed by atoms with Crippen molar-refractivity contribution in [2.24, 2.45) is 0 Å². The first-order valence-electron chi connectivity index (χ1n) is 5.43. The molecule has 0 atom stereocenters. The van der Waals surface area contributed by atoms with Gasteiger partial charge in [-0.1, -0.05) is 11.3 Å². The number of aromatic amines is 1. The molecule has 0 saturated heterocycles. The van der Waals surface area contributed by atoms with Gasteiger partial charge in [-0.2, -0.15) is 5.21 Å². The first-order chi connectivity index (χ1) is 7.45. The average molecular weight is 208 g/mol. The molecule has 2 rings (SSSR count). The number of hydrogen-bond acceptors (Lipinski definition) is 4. The lowest BCUT2D eigenvalue weighted by Gasteiger charge is -2.12. The van der Waals surface area contributed by atoms with Gasteiger partial charge in [0.2, 0.25) is 0 Å². The maximum Gasteiger partial charge on any atom is 0.176 e. The normalized spacial score (nSPS) is 16.4. The molecule has 0 saturated carbocycles. The van der Waals surface area contributed by atoms with Crippen molar-refractivity contribution in [1.29, 1.82) is 0 Å². The van der Waals surface area contributed by atoms with Gasteiger partial charge in [0.25, 0.3) is 0 Å². The average Bonchev–Trinajstić information content (AvgIpc) is 2.79. The second-order valence-electron chi connectivity index (χ2n) is 3.74. The van der Waals surface area contributed by atoms with E-state index in [4.69, 9.17) is 4.74 Å². The molecular formula is C10H16N4O. The fourth-order valence-corrected chi connectivity index (χ4v) is 1.69. The Labute approximate surface area is 88.9 Å². The summed E-state index contributed by atoms with van der Waals surface area (Å²) in [5.41, 5.74) is 1.44. The molecule has 82 valence electrons. The lowest BCUT2D eigenvalue weighted by Crippen LogP contribution is -2.05.